The van der Waals surface area contributed by atoms with Gasteiger partial charge in [0.1, 0.15) is 12.4 Å². The molecule has 2 rings (SSSR count). The number of para-hydroxylation sites is 1. The van der Waals surface area contributed by atoms with E-state index < -0.39 is 0 Å². The van der Waals surface area contributed by atoms with Crippen LogP contribution in [0.1, 0.15) is 25.5 Å². The number of ether oxygens (including phenoxy) is 1. The summed E-state index contributed by atoms with van der Waals surface area (Å²) in [7, 11) is 0. The second kappa shape index (κ2) is 6.67. The Kier molecular flexibility index (Phi) is 4.67. The number of benzene rings is 1. The maximum Gasteiger partial charge on any atom is 0.148 e. The number of hydrogen-bond donors (Lipinski definition) is 1. The van der Waals surface area contributed by atoms with Gasteiger partial charge in [-0.1, -0.05) is 24.1 Å². The molecule has 0 aliphatic rings. The van der Waals surface area contributed by atoms with Gasteiger partial charge in [-0.2, -0.15) is 5.10 Å². The monoisotopic (exact) mass is 269 g/mol. The van der Waals surface area contributed by atoms with E-state index in [1.165, 1.54) is 0 Å². The van der Waals surface area contributed by atoms with Gasteiger partial charge in [0, 0.05) is 24.3 Å². The molecular formula is C16H19N3O. The lowest BCUT2D eigenvalue weighted by molar-refractivity contribution is 0.366. The van der Waals surface area contributed by atoms with Crippen molar-refractivity contribution in [2.75, 3.05) is 11.9 Å². The van der Waals surface area contributed by atoms with Crippen LogP contribution < -0.4 is 10.1 Å². The molecule has 1 heterocycles. The third-order valence-corrected chi connectivity index (χ3v) is 2.90. The zero-order valence-electron chi connectivity index (χ0n) is 11.8. The summed E-state index contributed by atoms with van der Waals surface area (Å²) < 4.78 is 7.44. The normalized spacial score (nSPS) is 10.3. The number of aromatic nitrogens is 2. The summed E-state index contributed by atoms with van der Waals surface area (Å²) in [5, 5.41) is 7.63. The zero-order valence-corrected chi connectivity index (χ0v) is 11.8. The Morgan fingerprint density at radius 3 is 2.90 bits per heavy atom. The van der Waals surface area contributed by atoms with Crippen LogP contribution in [0.25, 0.3) is 0 Å². The van der Waals surface area contributed by atoms with E-state index in [-0.39, 0.29) is 6.61 Å². The highest BCUT2D eigenvalue weighted by Gasteiger charge is 2.04. The molecule has 0 amide bonds. The van der Waals surface area contributed by atoms with Gasteiger partial charge in [0.2, 0.25) is 0 Å². The Bertz CT molecular complexity index is 596. The van der Waals surface area contributed by atoms with Gasteiger partial charge in [0.25, 0.3) is 0 Å². The lowest BCUT2D eigenvalue weighted by Gasteiger charge is -2.10. The predicted octanol–water partition coefficient (Wildman–Crippen LogP) is 3.09. The molecule has 1 N–H and O–H groups in total. The van der Waals surface area contributed by atoms with Gasteiger partial charge in [-0.25, -0.2) is 0 Å². The molecule has 0 radical (unpaired) electrons. The van der Waals surface area contributed by atoms with Crippen LogP contribution in [-0.2, 0) is 6.54 Å². The van der Waals surface area contributed by atoms with Crippen LogP contribution in [0.3, 0.4) is 0 Å². The Balaban J connectivity index is 2.01. The van der Waals surface area contributed by atoms with Crippen LogP contribution in [0.5, 0.6) is 5.75 Å². The standard InChI is InChI=1S/C16H19N3O/c1-4-9-20-16-8-6-5-7-14(16)10-17-15-11-18-19(12-15)13(2)3/h1,5-8,11-13,17H,9-10H2,2-3H3. The molecule has 0 saturated heterocycles. The van der Waals surface area contributed by atoms with Crippen molar-refractivity contribution in [1.29, 1.82) is 0 Å². The Hall–Kier alpha value is -2.41. The molecule has 0 atom stereocenters. The van der Waals surface area contributed by atoms with Crippen molar-refractivity contribution in [3.05, 3.63) is 42.2 Å². The van der Waals surface area contributed by atoms with Crippen molar-refractivity contribution in [3.63, 3.8) is 0 Å². The van der Waals surface area contributed by atoms with E-state index in [0.717, 1.165) is 17.0 Å². The number of anilines is 1. The fourth-order valence-corrected chi connectivity index (χ4v) is 1.82. The first-order chi connectivity index (χ1) is 9.70. The number of hydrogen-bond acceptors (Lipinski definition) is 3. The van der Waals surface area contributed by atoms with Gasteiger partial charge in [0.05, 0.1) is 11.9 Å². The van der Waals surface area contributed by atoms with Gasteiger partial charge >= 0.3 is 0 Å². The molecule has 104 valence electrons. The quantitative estimate of drug-likeness (QED) is 0.819. The first-order valence-electron chi connectivity index (χ1n) is 6.63. The van der Waals surface area contributed by atoms with Crippen molar-refractivity contribution in [3.8, 4) is 18.1 Å². The van der Waals surface area contributed by atoms with Crippen molar-refractivity contribution in [1.82, 2.24) is 9.78 Å². The maximum absolute atomic E-state index is 5.52. The van der Waals surface area contributed by atoms with Crippen molar-refractivity contribution >= 4 is 5.69 Å². The average Bonchev–Trinajstić information content (AvgIpc) is 2.93. The van der Waals surface area contributed by atoms with Gasteiger partial charge in [-0.05, 0) is 19.9 Å². The van der Waals surface area contributed by atoms with Crippen LogP contribution >= 0.6 is 0 Å². The third-order valence-electron chi connectivity index (χ3n) is 2.90. The number of nitrogens with zero attached hydrogens (tertiary/aromatic N) is 2. The summed E-state index contributed by atoms with van der Waals surface area (Å²) in [5.74, 6) is 3.29. The topological polar surface area (TPSA) is 39.1 Å². The van der Waals surface area contributed by atoms with E-state index in [0.29, 0.717) is 12.6 Å². The largest absolute Gasteiger partial charge is 0.481 e. The number of terminal acetylenes is 1. The van der Waals surface area contributed by atoms with E-state index in [2.05, 4.69) is 30.2 Å². The zero-order chi connectivity index (χ0) is 14.4. The van der Waals surface area contributed by atoms with Crippen LogP contribution in [0.2, 0.25) is 0 Å². The average molecular weight is 269 g/mol. The fraction of sp³-hybridized carbons (Fsp3) is 0.312. The highest BCUT2D eigenvalue weighted by molar-refractivity contribution is 5.42. The molecule has 20 heavy (non-hydrogen) atoms. The molecule has 0 fully saturated rings. The molecule has 2 aromatic rings. The summed E-state index contributed by atoms with van der Waals surface area (Å²) in [6.45, 7) is 5.15. The minimum atomic E-state index is 0.280. The van der Waals surface area contributed by atoms with Crippen molar-refractivity contribution < 1.29 is 4.74 Å². The summed E-state index contributed by atoms with van der Waals surface area (Å²) in [4.78, 5) is 0. The van der Waals surface area contributed by atoms with Gasteiger partial charge < -0.3 is 10.1 Å². The SMILES string of the molecule is C#CCOc1ccccc1CNc1cnn(C(C)C)c1. The van der Waals surface area contributed by atoms with Gasteiger partial charge in [-0.3, -0.25) is 4.68 Å². The number of rotatable bonds is 6. The molecule has 0 unspecified atom stereocenters. The first-order valence-corrected chi connectivity index (χ1v) is 6.63. The third kappa shape index (κ3) is 3.55. The van der Waals surface area contributed by atoms with Crippen LogP contribution in [0, 0.1) is 12.3 Å². The van der Waals surface area contributed by atoms with E-state index in [9.17, 15) is 0 Å². The molecule has 1 aromatic carbocycles. The summed E-state index contributed by atoms with van der Waals surface area (Å²) in [6, 6.07) is 8.22. The minimum Gasteiger partial charge on any atom is -0.481 e. The molecule has 0 aliphatic heterocycles. The highest BCUT2D eigenvalue weighted by Crippen LogP contribution is 2.19. The van der Waals surface area contributed by atoms with E-state index in [1.54, 1.807) is 0 Å². The smallest absolute Gasteiger partial charge is 0.148 e. The van der Waals surface area contributed by atoms with E-state index >= 15 is 0 Å². The molecule has 0 bridgehead atoms. The first kappa shape index (κ1) is 14.0. The Morgan fingerprint density at radius 2 is 2.20 bits per heavy atom. The summed E-state index contributed by atoms with van der Waals surface area (Å²) in [5.41, 5.74) is 2.06. The second-order valence-electron chi connectivity index (χ2n) is 4.76. The molecular weight excluding hydrogens is 250 g/mol. The van der Waals surface area contributed by atoms with Gasteiger partial charge in [0.15, 0.2) is 0 Å². The predicted molar refractivity (Wildman–Crippen MR) is 80.7 cm³/mol. The molecule has 4 nitrogen and oxygen atoms in total. The summed E-state index contributed by atoms with van der Waals surface area (Å²) in [6.07, 6.45) is 9.04. The molecule has 0 spiro atoms. The van der Waals surface area contributed by atoms with Crippen molar-refractivity contribution in [2.45, 2.75) is 26.4 Å². The fourth-order valence-electron chi connectivity index (χ4n) is 1.82. The molecule has 4 heteroatoms. The van der Waals surface area contributed by atoms with Crippen LogP contribution in [0.15, 0.2) is 36.7 Å². The lowest BCUT2D eigenvalue weighted by atomic mass is 10.2. The maximum atomic E-state index is 5.52. The second-order valence-corrected chi connectivity index (χ2v) is 4.76. The minimum absolute atomic E-state index is 0.280. The van der Waals surface area contributed by atoms with Crippen LogP contribution in [-0.4, -0.2) is 16.4 Å². The molecule has 1 aromatic heterocycles. The van der Waals surface area contributed by atoms with Crippen molar-refractivity contribution in [2.24, 2.45) is 0 Å². The van der Waals surface area contributed by atoms with E-state index in [1.807, 2.05) is 41.3 Å². The summed E-state index contributed by atoms with van der Waals surface area (Å²) >= 11 is 0. The Morgan fingerprint density at radius 1 is 1.40 bits per heavy atom. The molecule has 0 saturated carbocycles. The number of nitrogens with one attached hydrogen (secondary N) is 1. The van der Waals surface area contributed by atoms with Gasteiger partial charge in [-0.15, -0.1) is 6.42 Å². The van der Waals surface area contributed by atoms with E-state index in [4.69, 9.17) is 11.2 Å². The lowest BCUT2D eigenvalue weighted by Crippen LogP contribution is -2.03. The Labute approximate surface area is 119 Å². The molecule has 0 aliphatic carbocycles. The van der Waals surface area contributed by atoms with Crippen LogP contribution in [0.4, 0.5) is 5.69 Å². The highest BCUT2D eigenvalue weighted by atomic mass is 16.5.